The van der Waals surface area contributed by atoms with Crippen LogP contribution in [0.1, 0.15) is 27.8 Å². The van der Waals surface area contributed by atoms with Crippen LogP contribution in [-0.4, -0.2) is 9.13 Å². The van der Waals surface area contributed by atoms with Gasteiger partial charge in [0.2, 0.25) is 0 Å². The Balaban J connectivity index is 1.34. The van der Waals surface area contributed by atoms with Gasteiger partial charge in [-0.25, -0.2) is 0 Å². The van der Waals surface area contributed by atoms with Gasteiger partial charge in [0.15, 0.2) is 0 Å². The largest absolute Gasteiger partial charge is 0.417 e. The van der Waals surface area contributed by atoms with Gasteiger partial charge in [-0.2, -0.15) is 31.6 Å². The minimum Gasteiger partial charge on any atom is -0.307 e. The minimum atomic E-state index is -5.18. The number of aromatic nitrogens is 2. The van der Waals surface area contributed by atoms with Crippen LogP contribution in [0.3, 0.4) is 0 Å². The summed E-state index contributed by atoms with van der Waals surface area (Å²) < 4.78 is 90.5. The lowest BCUT2D eigenvalue weighted by atomic mass is 9.92. The Labute approximate surface area is 351 Å². The highest BCUT2D eigenvalue weighted by Gasteiger charge is 2.39. The van der Waals surface area contributed by atoms with E-state index in [-0.39, 0.29) is 17.2 Å². The van der Waals surface area contributed by atoms with Crippen LogP contribution in [0.4, 0.5) is 26.3 Å². The highest BCUT2D eigenvalue weighted by Crippen LogP contribution is 2.46. The third kappa shape index (κ3) is 6.21. The molecule has 3 nitrogen and oxygen atoms in total. The number of hydrogen-bond donors (Lipinski definition) is 0. The second-order valence-corrected chi connectivity index (χ2v) is 15.6. The molecule has 0 aliphatic rings. The summed E-state index contributed by atoms with van der Waals surface area (Å²) in [7, 11) is 0. The lowest BCUT2D eigenvalue weighted by Gasteiger charge is -2.21. The summed E-state index contributed by atoms with van der Waals surface area (Å²) in [6.45, 7) is 4.09. The fraction of sp³-hybridized carbons (Fsp3) is 0.0755. The number of nitriles is 1. The highest BCUT2D eigenvalue weighted by molar-refractivity contribution is 6.13. The first-order chi connectivity index (χ1) is 29.8. The maximum atomic E-state index is 14.9. The standard InChI is InChI=1S/C53H33F6N3/c1-31-11-3-5-13-37(31)33-19-23-48-43(25-33)40-15-7-9-17-46(40)61(48)50-27-35(30-60)42(39-22-21-36(52(54,55)56)28-45(39)53(57,58)59)29-51(50)62-47-18-10-8-16-41(47)44-26-34(20-24-49(44)62)38-14-6-4-12-32(38)2/h3-29H,1-2H3. The zero-order chi connectivity index (χ0) is 43.1. The van der Waals surface area contributed by atoms with Crippen LogP contribution in [0.25, 0.3) is 88.4 Å². The summed E-state index contributed by atoms with van der Waals surface area (Å²) in [6.07, 6.45) is -10.2. The van der Waals surface area contributed by atoms with Crippen LogP contribution in [0.2, 0.25) is 0 Å². The van der Waals surface area contributed by atoms with E-state index in [1.54, 1.807) is 6.07 Å². The number of rotatable bonds is 5. The number of halogens is 6. The fourth-order valence-electron chi connectivity index (χ4n) is 9.03. The molecule has 0 fully saturated rings. The van der Waals surface area contributed by atoms with Gasteiger partial charge < -0.3 is 9.13 Å². The third-order valence-electron chi connectivity index (χ3n) is 11.9. The summed E-state index contributed by atoms with van der Waals surface area (Å²) in [4.78, 5) is 0. The number of benzene rings is 8. The quantitative estimate of drug-likeness (QED) is 0.159. The van der Waals surface area contributed by atoms with Crippen LogP contribution in [0, 0.1) is 25.2 Å². The molecule has 62 heavy (non-hydrogen) atoms. The third-order valence-corrected chi connectivity index (χ3v) is 11.9. The summed E-state index contributed by atoms with van der Waals surface area (Å²) in [6, 6.07) is 50.7. The molecule has 10 aromatic rings. The minimum absolute atomic E-state index is 0.122. The van der Waals surface area contributed by atoms with E-state index < -0.39 is 29.0 Å². The Morgan fingerprint density at radius 3 is 1.37 bits per heavy atom. The maximum Gasteiger partial charge on any atom is 0.417 e. The van der Waals surface area contributed by atoms with E-state index in [4.69, 9.17) is 0 Å². The molecule has 0 spiro atoms. The second kappa shape index (κ2) is 14.3. The number of fused-ring (bicyclic) bond motifs is 6. The Hall–Kier alpha value is -7.57. The summed E-state index contributed by atoms with van der Waals surface area (Å²) >= 11 is 0. The molecule has 0 atom stereocenters. The van der Waals surface area contributed by atoms with Crippen molar-refractivity contribution in [1.29, 1.82) is 5.26 Å². The lowest BCUT2D eigenvalue weighted by molar-refractivity contribution is -0.142. The smallest absolute Gasteiger partial charge is 0.307 e. The summed E-state index contributed by atoms with van der Waals surface area (Å²) in [5, 5.41) is 14.4. The normalized spacial score (nSPS) is 12.2. The van der Waals surface area contributed by atoms with Gasteiger partial charge in [-0.3, -0.25) is 0 Å². The van der Waals surface area contributed by atoms with Gasteiger partial charge in [0.25, 0.3) is 0 Å². The zero-order valence-corrected chi connectivity index (χ0v) is 33.2. The first kappa shape index (κ1) is 38.6. The molecule has 9 heteroatoms. The molecule has 0 N–H and O–H groups in total. The molecular formula is C53H33F6N3. The molecule has 2 aromatic heterocycles. The molecule has 8 aromatic carbocycles. The first-order valence-electron chi connectivity index (χ1n) is 19.9. The highest BCUT2D eigenvalue weighted by atomic mass is 19.4. The molecule has 0 radical (unpaired) electrons. The van der Waals surface area contributed by atoms with E-state index in [9.17, 15) is 31.6 Å². The first-order valence-corrected chi connectivity index (χ1v) is 19.9. The lowest BCUT2D eigenvalue weighted by Crippen LogP contribution is -2.13. The number of alkyl halides is 6. The predicted octanol–water partition coefficient (Wildman–Crippen LogP) is 15.4. The van der Waals surface area contributed by atoms with Crippen LogP contribution in [-0.2, 0) is 12.4 Å². The van der Waals surface area contributed by atoms with Gasteiger partial charge in [-0.05, 0) is 113 Å². The van der Waals surface area contributed by atoms with E-state index in [1.807, 2.05) is 119 Å². The van der Waals surface area contributed by atoms with Gasteiger partial charge in [0, 0.05) is 27.1 Å². The number of aryl methyl sites for hydroxylation is 2. The van der Waals surface area contributed by atoms with Gasteiger partial charge in [0.05, 0.1) is 56.2 Å². The van der Waals surface area contributed by atoms with Crippen molar-refractivity contribution in [3.05, 3.63) is 192 Å². The Bertz CT molecular complexity index is 3490. The number of para-hydroxylation sites is 2. The molecule has 10 rings (SSSR count). The van der Waals surface area contributed by atoms with Gasteiger partial charge >= 0.3 is 12.4 Å². The van der Waals surface area contributed by atoms with E-state index in [1.165, 1.54) is 6.07 Å². The van der Waals surface area contributed by atoms with Crippen LogP contribution in [0.5, 0.6) is 0 Å². The molecule has 302 valence electrons. The molecular weight excluding hydrogens is 793 g/mol. The average Bonchev–Trinajstić information content (AvgIpc) is 3.77. The molecule has 0 amide bonds. The zero-order valence-electron chi connectivity index (χ0n) is 33.2. The molecule has 0 unspecified atom stereocenters. The average molecular weight is 826 g/mol. The van der Waals surface area contributed by atoms with Crippen molar-refractivity contribution < 1.29 is 26.3 Å². The van der Waals surface area contributed by atoms with Crippen molar-refractivity contribution in [1.82, 2.24) is 9.13 Å². The molecule has 0 aliphatic heterocycles. The van der Waals surface area contributed by atoms with Gasteiger partial charge in [0.1, 0.15) is 0 Å². The molecule has 2 heterocycles. The SMILES string of the molecule is Cc1ccccc1-c1ccc2c(c1)c1ccccc1n2-c1cc(C#N)c(-c2ccc(C(F)(F)F)cc2C(F)(F)F)cc1-n1c2ccccc2c2cc(-c3ccccc3C)ccc21. The van der Waals surface area contributed by atoms with Gasteiger partial charge in [-0.1, -0.05) is 103 Å². The number of nitrogens with zero attached hydrogens (tertiary/aromatic N) is 3. The van der Waals surface area contributed by atoms with E-state index in [0.29, 0.717) is 17.4 Å². The topological polar surface area (TPSA) is 33.6 Å². The summed E-state index contributed by atoms with van der Waals surface area (Å²) in [5.74, 6) is 0. The molecule has 0 aliphatic carbocycles. The van der Waals surface area contributed by atoms with Crippen molar-refractivity contribution in [3.8, 4) is 50.8 Å². The Kier molecular flexibility index (Phi) is 8.89. The Morgan fingerprint density at radius 1 is 0.419 bits per heavy atom. The van der Waals surface area contributed by atoms with Crippen LogP contribution < -0.4 is 0 Å². The molecule has 0 bridgehead atoms. The van der Waals surface area contributed by atoms with Gasteiger partial charge in [-0.15, -0.1) is 0 Å². The van der Waals surface area contributed by atoms with Crippen LogP contribution in [0.15, 0.2) is 164 Å². The maximum absolute atomic E-state index is 14.9. The predicted molar refractivity (Wildman–Crippen MR) is 236 cm³/mol. The van der Waals surface area contributed by atoms with E-state index in [0.717, 1.165) is 83.1 Å². The van der Waals surface area contributed by atoms with Crippen molar-refractivity contribution in [2.75, 3.05) is 0 Å². The second-order valence-electron chi connectivity index (χ2n) is 15.6. The van der Waals surface area contributed by atoms with Crippen molar-refractivity contribution in [3.63, 3.8) is 0 Å². The van der Waals surface area contributed by atoms with Crippen molar-refractivity contribution in [2.24, 2.45) is 0 Å². The van der Waals surface area contributed by atoms with E-state index >= 15 is 0 Å². The van der Waals surface area contributed by atoms with Crippen molar-refractivity contribution in [2.45, 2.75) is 26.2 Å². The van der Waals surface area contributed by atoms with Crippen LogP contribution >= 0.6 is 0 Å². The Morgan fingerprint density at radius 2 is 0.887 bits per heavy atom. The molecule has 0 saturated heterocycles. The summed E-state index contributed by atoms with van der Waals surface area (Å²) in [5.41, 5.74) is 6.49. The van der Waals surface area contributed by atoms with Crippen molar-refractivity contribution >= 4 is 43.6 Å². The number of hydrogen-bond acceptors (Lipinski definition) is 1. The fourth-order valence-corrected chi connectivity index (χ4v) is 9.03. The van der Waals surface area contributed by atoms with E-state index in [2.05, 4.69) is 43.3 Å². The molecule has 0 saturated carbocycles. The monoisotopic (exact) mass is 825 g/mol.